The molecular weight excluding hydrogens is 364 g/mol. The summed E-state index contributed by atoms with van der Waals surface area (Å²) in [5.74, 6) is -0.145. The van der Waals surface area contributed by atoms with Crippen molar-refractivity contribution in [3.63, 3.8) is 0 Å². The van der Waals surface area contributed by atoms with Gasteiger partial charge in [0.1, 0.15) is 5.69 Å². The Morgan fingerprint density at radius 3 is 2.63 bits per heavy atom. The van der Waals surface area contributed by atoms with Crippen LogP contribution in [-0.2, 0) is 9.84 Å². The molecule has 1 saturated heterocycles. The standard InChI is InChI=1S/C19H20N4O3S/c1-2-23(17-8-10-27(25,26)13-17)19(24)18-11-16(7-9-21-18)22-15-5-3-14(12-20)4-6-15/h3-7,9,11,17H,2,8,10,13H2,1H3,(H,21,22). The van der Waals surface area contributed by atoms with Crippen LogP contribution in [0.4, 0.5) is 11.4 Å². The van der Waals surface area contributed by atoms with Crippen molar-refractivity contribution in [3.8, 4) is 6.07 Å². The number of rotatable bonds is 5. The van der Waals surface area contributed by atoms with E-state index in [1.807, 2.05) is 6.92 Å². The fourth-order valence-corrected chi connectivity index (χ4v) is 4.89. The lowest BCUT2D eigenvalue weighted by molar-refractivity contribution is 0.0702. The molecule has 1 aromatic carbocycles. The van der Waals surface area contributed by atoms with E-state index in [2.05, 4.69) is 16.4 Å². The molecule has 1 aliphatic heterocycles. The van der Waals surface area contributed by atoms with Crippen molar-refractivity contribution in [1.82, 2.24) is 9.88 Å². The normalized spacial score (nSPS) is 17.9. The quantitative estimate of drug-likeness (QED) is 0.849. The van der Waals surface area contributed by atoms with Crippen LogP contribution in [-0.4, -0.2) is 48.3 Å². The summed E-state index contributed by atoms with van der Waals surface area (Å²) in [4.78, 5) is 18.6. The van der Waals surface area contributed by atoms with E-state index in [4.69, 9.17) is 5.26 Å². The van der Waals surface area contributed by atoms with Crippen LogP contribution in [0.3, 0.4) is 0 Å². The summed E-state index contributed by atoms with van der Waals surface area (Å²) in [7, 11) is -3.07. The molecule has 1 N–H and O–H groups in total. The highest BCUT2D eigenvalue weighted by molar-refractivity contribution is 7.91. The maximum atomic E-state index is 12.9. The fourth-order valence-electron chi connectivity index (χ4n) is 3.16. The van der Waals surface area contributed by atoms with E-state index in [0.717, 1.165) is 5.69 Å². The molecule has 1 fully saturated rings. The van der Waals surface area contributed by atoms with Crippen molar-refractivity contribution in [1.29, 1.82) is 5.26 Å². The Kier molecular flexibility index (Phi) is 5.42. The average Bonchev–Trinajstić information content (AvgIpc) is 3.02. The van der Waals surface area contributed by atoms with Crippen molar-refractivity contribution >= 4 is 27.1 Å². The van der Waals surface area contributed by atoms with Crippen LogP contribution in [0.1, 0.15) is 29.4 Å². The Bertz CT molecular complexity index is 981. The molecule has 1 aromatic heterocycles. The second kappa shape index (κ2) is 7.76. The van der Waals surface area contributed by atoms with Gasteiger partial charge in [-0.1, -0.05) is 0 Å². The van der Waals surface area contributed by atoms with Gasteiger partial charge in [-0.3, -0.25) is 9.78 Å². The molecule has 7 nitrogen and oxygen atoms in total. The van der Waals surface area contributed by atoms with Gasteiger partial charge in [-0.25, -0.2) is 8.42 Å². The molecule has 0 radical (unpaired) electrons. The van der Waals surface area contributed by atoms with E-state index >= 15 is 0 Å². The smallest absolute Gasteiger partial charge is 0.272 e. The van der Waals surface area contributed by atoms with Crippen LogP contribution in [0, 0.1) is 11.3 Å². The van der Waals surface area contributed by atoms with Crippen LogP contribution in [0.2, 0.25) is 0 Å². The Hall–Kier alpha value is -2.92. The molecule has 0 bridgehead atoms. The molecule has 140 valence electrons. The van der Waals surface area contributed by atoms with Crippen LogP contribution < -0.4 is 5.32 Å². The summed E-state index contributed by atoms with van der Waals surface area (Å²) >= 11 is 0. The first-order valence-corrected chi connectivity index (χ1v) is 10.5. The van der Waals surface area contributed by atoms with Gasteiger partial charge >= 0.3 is 0 Å². The van der Waals surface area contributed by atoms with Crippen molar-refractivity contribution in [2.24, 2.45) is 0 Å². The van der Waals surface area contributed by atoms with E-state index in [9.17, 15) is 13.2 Å². The highest BCUT2D eigenvalue weighted by Crippen LogP contribution is 2.21. The van der Waals surface area contributed by atoms with Crippen LogP contribution in [0.25, 0.3) is 0 Å². The predicted octanol–water partition coefficient (Wildman–Crippen LogP) is 2.35. The minimum Gasteiger partial charge on any atom is -0.355 e. The number of hydrogen-bond donors (Lipinski definition) is 1. The number of nitrogens with one attached hydrogen (secondary N) is 1. The number of anilines is 2. The highest BCUT2D eigenvalue weighted by Gasteiger charge is 2.34. The van der Waals surface area contributed by atoms with Gasteiger partial charge in [0, 0.05) is 30.2 Å². The van der Waals surface area contributed by atoms with Crippen molar-refractivity contribution in [3.05, 3.63) is 53.9 Å². The zero-order valence-electron chi connectivity index (χ0n) is 14.9. The number of sulfone groups is 1. The van der Waals surface area contributed by atoms with Crippen LogP contribution >= 0.6 is 0 Å². The van der Waals surface area contributed by atoms with Gasteiger partial charge in [0.25, 0.3) is 5.91 Å². The first kappa shape index (κ1) is 18.9. The molecule has 0 spiro atoms. The van der Waals surface area contributed by atoms with E-state index < -0.39 is 9.84 Å². The molecule has 0 saturated carbocycles. The van der Waals surface area contributed by atoms with Crippen molar-refractivity contribution < 1.29 is 13.2 Å². The molecule has 2 aromatic rings. The third-order valence-corrected chi connectivity index (χ3v) is 6.28. The Balaban J connectivity index is 1.77. The predicted molar refractivity (Wildman–Crippen MR) is 102 cm³/mol. The minimum absolute atomic E-state index is 0.00968. The van der Waals surface area contributed by atoms with Gasteiger partial charge in [0.15, 0.2) is 9.84 Å². The number of benzene rings is 1. The maximum absolute atomic E-state index is 12.9. The highest BCUT2D eigenvalue weighted by atomic mass is 32.2. The topological polar surface area (TPSA) is 103 Å². The summed E-state index contributed by atoms with van der Waals surface area (Å²) < 4.78 is 23.5. The fraction of sp³-hybridized carbons (Fsp3) is 0.316. The molecule has 1 atom stereocenters. The minimum atomic E-state index is -3.07. The zero-order chi connectivity index (χ0) is 19.4. The molecule has 3 rings (SSSR count). The van der Waals surface area contributed by atoms with Gasteiger partial charge < -0.3 is 10.2 Å². The molecular formula is C19H20N4O3S. The molecule has 1 amide bonds. The lowest BCUT2D eigenvalue weighted by atomic mass is 10.2. The van der Waals surface area contributed by atoms with E-state index in [-0.39, 0.29) is 29.1 Å². The zero-order valence-corrected chi connectivity index (χ0v) is 15.7. The summed E-state index contributed by atoms with van der Waals surface area (Å²) in [6, 6.07) is 12.1. The summed E-state index contributed by atoms with van der Waals surface area (Å²) in [5, 5.41) is 12.0. The first-order chi connectivity index (χ1) is 12.9. The average molecular weight is 384 g/mol. The van der Waals surface area contributed by atoms with Gasteiger partial charge in [-0.15, -0.1) is 0 Å². The van der Waals surface area contributed by atoms with Gasteiger partial charge in [-0.05, 0) is 49.7 Å². The van der Waals surface area contributed by atoms with E-state index in [1.54, 1.807) is 47.5 Å². The molecule has 27 heavy (non-hydrogen) atoms. The second-order valence-corrected chi connectivity index (χ2v) is 8.62. The molecule has 1 unspecified atom stereocenters. The number of carbonyl (C=O) groups is 1. The summed E-state index contributed by atoms with van der Waals surface area (Å²) in [6.07, 6.45) is 2.00. The number of pyridine rings is 1. The van der Waals surface area contributed by atoms with Crippen molar-refractivity contribution in [2.45, 2.75) is 19.4 Å². The van der Waals surface area contributed by atoms with Crippen LogP contribution in [0.15, 0.2) is 42.6 Å². The molecule has 8 heteroatoms. The van der Waals surface area contributed by atoms with E-state index in [0.29, 0.717) is 24.2 Å². The maximum Gasteiger partial charge on any atom is 0.272 e. The monoisotopic (exact) mass is 384 g/mol. The van der Waals surface area contributed by atoms with Crippen LogP contribution in [0.5, 0.6) is 0 Å². The summed E-state index contributed by atoms with van der Waals surface area (Å²) in [6.45, 7) is 2.26. The largest absolute Gasteiger partial charge is 0.355 e. The lowest BCUT2D eigenvalue weighted by Gasteiger charge is -2.26. The number of aromatic nitrogens is 1. The number of amides is 1. The number of nitrogens with zero attached hydrogens (tertiary/aromatic N) is 3. The second-order valence-electron chi connectivity index (χ2n) is 6.39. The van der Waals surface area contributed by atoms with Gasteiger partial charge in [0.05, 0.1) is 23.1 Å². The number of nitriles is 1. The lowest BCUT2D eigenvalue weighted by Crippen LogP contribution is -2.41. The Morgan fingerprint density at radius 1 is 1.30 bits per heavy atom. The SMILES string of the molecule is CCN(C(=O)c1cc(Nc2ccc(C#N)cc2)ccn1)C1CCS(=O)(=O)C1. The van der Waals surface area contributed by atoms with E-state index in [1.165, 1.54) is 0 Å². The third kappa shape index (κ3) is 4.44. The number of hydrogen-bond acceptors (Lipinski definition) is 6. The van der Waals surface area contributed by atoms with Gasteiger partial charge in [-0.2, -0.15) is 5.26 Å². The molecule has 0 aliphatic carbocycles. The van der Waals surface area contributed by atoms with Gasteiger partial charge in [0.2, 0.25) is 0 Å². The first-order valence-electron chi connectivity index (χ1n) is 8.66. The molecule has 1 aliphatic rings. The Morgan fingerprint density at radius 2 is 2.04 bits per heavy atom. The third-order valence-electron chi connectivity index (χ3n) is 4.53. The summed E-state index contributed by atoms with van der Waals surface area (Å²) in [5.41, 5.74) is 2.30. The Labute approximate surface area is 158 Å². The van der Waals surface area contributed by atoms with Crippen molar-refractivity contribution in [2.75, 3.05) is 23.4 Å². The molecule has 2 heterocycles. The number of carbonyl (C=O) groups excluding carboxylic acids is 1.